The van der Waals surface area contributed by atoms with Crippen molar-refractivity contribution in [1.82, 2.24) is 5.32 Å². The van der Waals surface area contributed by atoms with Crippen LogP contribution in [0.4, 0.5) is 11.4 Å². The molecule has 0 fully saturated rings. The van der Waals surface area contributed by atoms with Gasteiger partial charge in [-0.2, -0.15) is 21.4 Å². The molecule has 2 aliphatic heterocycles. The zero-order chi connectivity index (χ0) is 39.1. The second-order valence-corrected chi connectivity index (χ2v) is 18.3. The second kappa shape index (κ2) is 17.1. The maximum atomic E-state index is 11.4. The van der Waals surface area contributed by atoms with Crippen LogP contribution in [-0.2, 0) is 31.1 Å². The van der Waals surface area contributed by atoms with E-state index in [9.17, 15) is 25.9 Å². The Balaban J connectivity index is 1.49. The van der Waals surface area contributed by atoms with E-state index >= 15 is 0 Å². The molecule has 54 heavy (non-hydrogen) atoms. The molecule has 2 aromatic carbocycles. The van der Waals surface area contributed by atoms with Crippen LogP contribution in [-0.4, -0.2) is 73.9 Å². The number of azide groups is 1. The normalized spacial score (nSPS) is 19.3. The first-order valence-electron chi connectivity index (χ1n) is 18.6. The third-order valence-corrected chi connectivity index (χ3v) is 12.3. The molecule has 0 saturated carbocycles. The highest BCUT2D eigenvalue weighted by Gasteiger charge is 2.44. The summed E-state index contributed by atoms with van der Waals surface area (Å²) in [5, 5.41) is 7.36. The number of allylic oxidation sites excluding steroid dienone is 7. The molecule has 0 spiro atoms. The zero-order valence-electron chi connectivity index (χ0n) is 31.7. The van der Waals surface area contributed by atoms with Crippen LogP contribution in [0.15, 0.2) is 100 Å². The van der Waals surface area contributed by atoms with Crippen molar-refractivity contribution in [2.75, 3.05) is 42.6 Å². The van der Waals surface area contributed by atoms with E-state index in [0.29, 0.717) is 58.3 Å². The van der Waals surface area contributed by atoms with Gasteiger partial charge in [0.2, 0.25) is 5.69 Å². The topological polar surface area (TPSA) is 176 Å². The Hall–Kier alpha value is -4.20. The summed E-state index contributed by atoms with van der Waals surface area (Å²) < 4.78 is 66.4. The maximum absolute atomic E-state index is 11.4. The Morgan fingerprint density at radius 1 is 0.852 bits per heavy atom. The number of hydrogen-bond donors (Lipinski definition) is 3. The van der Waals surface area contributed by atoms with Gasteiger partial charge in [-0.05, 0) is 86.8 Å². The molecular weight excluding hydrogens is 725 g/mol. The van der Waals surface area contributed by atoms with Crippen molar-refractivity contribution in [3.05, 3.63) is 117 Å². The van der Waals surface area contributed by atoms with Crippen molar-refractivity contribution in [3.8, 4) is 0 Å². The van der Waals surface area contributed by atoms with E-state index in [0.717, 1.165) is 52.5 Å². The number of para-hydroxylation sites is 2. The molecule has 1 aliphatic carbocycles. The van der Waals surface area contributed by atoms with Crippen LogP contribution in [0.3, 0.4) is 0 Å². The number of anilines is 1. The molecule has 3 aliphatic rings. The van der Waals surface area contributed by atoms with E-state index in [4.69, 9.17) is 5.53 Å². The van der Waals surface area contributed by atoms with Gasteiger partial charge in [0.15, 0.2) is 5.71 Å². The molecule has 0 atom stereocenters. The molecule has 3 N–H and O–H groups in total. The van der Waals surface area contributed by atoms with Crippen LogP contribution in [0.5, 0.6) is 0 Å². The molecule has 0 radical (unpaired) electrons. The van der Waals surface area contributed by atoms with Crippen molar-refractivity contribution >= 4 is 37.3 Å². The summed E-state index contributed by atoms with van der Waals surface area (Å²) in [6.45, 7) is 11.1. The summed E-state index contributed by atoms with van der Waals surface area (Å²) >= 11 is 0. The summed E-state index contributed by atoms with van der Waals surface area (Å²) in [5.41, 5.74) is 18.4. The third kappa shape index (κ3) is 9.72. The Bertz CT molecular complexity index is 2160. The standard InChI is InChI=1S/C40H52N6O6S2/c1-39(2)32-14-5-7-16-34(32)45(26-9-11-28-53(47,48)49)36(39)22-20-30-18-19-31(38(30)42-24-13-25-43-44-41)21-23-37-40(3,4)33-15-6-8-17-35(33)46(37)27-10-12-29-54(50,51)52/h5-8,14-17,20-23H,9-13,18-19,24-29H2,1-4H3,(H2,47,48,49,50,51,52)/p+1. The summed E-state index contributed by atoms with van der Waals surface area (Å²) in [5.74, 6) is -0.530. The van der Waals surface area contributed by atoms with Crippen LogP contribution in [0, 0.1) is 0 Å². The lowest BCUT2D eigenvalue weighted by molar-refractivity contribution is -0.438. The molecule has 0 bridgehead atoms. The van der Waals surface area contributed by atoms with E-state index < -0.39 is 20.2 Å². The van der Waals surface area contributed by atoms with Gasteiger partial charge < -0.3 is 10.2 Å². The van der Waals surface area contributed by atoms with Crippen LogP contribution in [0.1, 0.15) is 83.8 Å². The smallest absolute Gasteiger partial charge is 0.264 e. The van der Waals surface area contributed by atoms with Crippen molar-refractivity contribution in [1.29, 1.82) is 0 Å². The average molecular weight is 778 g/mol. The number of fused-ring (bicyclic) bond motifs is 2. The van der Waals surface area contributed by atoms with E-state index in [1.54, 1.807) is 0 Å². The average Bonchev–Trinajstić information content (AvgIpc) is 3.66. The summed E-state index contributed by atoms with van der Waals surface area (Å²) in [6, 6.07) is 16.6. The number of nitrogens with one attached hydrogen (secondary N) is 1. The molecule has 0 saturated heterocycles. The number of hydrogen-bond acceptors (Lipinski definition) is 7. The predicted octanol–water partition coefficient (Wildman–Crippen LogP) is 7.90. The van der Waals surface area contributed by atoms with Crippen LogP contribution < -0.4 is 10.2 Å². The minimum atomic E-state index is -4.02. The lowest BCUT2D eigenvalue weighted by Crippen LogP contribution is -2.28. The van der Waals surface area contributed by atoms with Gasteiger partial charge in [-0.15, -0.1) is 0 Å². The number of nitrogens with zero attached hydrogens (tertiary/aromatic N) is 5. The van der Waals surface area contributed by atoms with E-state index in [-0.39, 0.29) is 22.3 Å². The van der Waals surface area contributed by atoms with Gasteiger partial charge >= 0.3 is 0 Å². The molecular formula is C40H53N6O6S2+. The van der Waals surface area contributed by atoms with E-state index in [1.165, 1.54) is 11.1 Å². The van der Waals surface area contributed by atoms with Gasteiger partial charge in [0.05, 0.1) is 16.9 Å². The highest BCUT2D eigenvalue weighted by molar-refractivity contribution is 7.86. The Labute approximate surface area is 320 Å². The zero-order valence-corrected chi connectivity index (χ0v) is 33.3. The molecule has 0 unspecified atom stereocenters. The fourth-order valence-electron chi connectivity index (χ4n) is 7.93. The summed E-state index contributed by atoms with van der Waals surface area (Å²) in [4.78, 5) is 5.16. The minimum absolute atomic E-state index is 0.265. The lowest BCUT2D eigenvalue weighted by Gasteiger charge is -2.27. The molecule has 2 aromatic rings. The second-order valence-electron chi connectivity index (χ2n) is 15.2. The Kier molecular flexibility index (Phi) is 13.0. The number of benzene rings is 2. The monoisotopic (exact) mass is 777 g/mol. The highest BCUT2D eigenvalue weighted by atomic mass is 32.2. The van der Waals surface area contributed by atoms with Crippen LogP contribution >= 0.6 is 0 Å². The van der Waals surface area contributed by atoms with Crippen molar-refractivity contribution < 1.29 is 30.5 Å². The number of rotatable bonds is 18. The maximum Gasteiger partial charge on any atom is 0.264 e. The fourth-order valence-corrected chi connectivity index (χ4v) is 9.06. The first-order chi connectivity index (χ1) is 25.5. The lowest BCUT2D eigenvalue weighted by atomic mass is 9.81. The predicted molar refractivity (Wildman–Crippen MR) is 216 cm³/mol. The van der Waals surface area contributed by atoms with Gasteiger partial charge in [0.25, 0.3) is 20.2 Å². The van der Waals surface area contributed by atoms with Gasteiger partial charge in [-0.3, -0.25) is 9.11 Å². The number of unbranched alkanes of at least 4 members (excludes halogenated alkanes) is 2. The van der Waals surface area contributed by atoms with Gasteiger partial charge in [-0.1, -0.05) is 67.5 Å². The van der Waals surface area contributed by atoms with E-state index in [1.807, 2.05) is 24.3 Å². The van der Waals surface area contributed by atoms with E-state index in [2.05, 4.69) is 101 Å². The summed E-state index contributed by atoms with van der Waals surface area (Å²) in [7, 11) is -8.05. The first kappa shape index (κ1) is 41.0. The van der Waals surface area contributed by atoms with Crippen LogP contribution in [0.2, 0.25) is 0 Å². The van der Waals surface area contributed by atoms with Crippen molar-refractivity contribution in [3.63, 3.8) is 0 Å². The SMILES string of the molecule is CC1(C)C(=CC=C2CCC(C=CC3=[N+](CCCCS(=O)(=O)O)c4ccccc4C3(C)C)=C2NCCCN=[N+]=[N-])N(CCCCS(=O)(=O)O)c2ccccc21. The Morgan fingerprint density at radius 2 is 1.52 bits per heavy atom. The molecule has 2 heterocycles. The molecule has 290 valence electrons. The largest absolute Gasteiger partial charge is 0.385 e. The van der Waals surface area contributed by atoms with Gasteiger partial charge in [0, 0.05) is 71.2 Å². The van der Waals surface area contributed by atoms with Crippen molar-refractivity contribution in [2.45, 2.75) is 83.5 Å². The molecule has 14 heteroatoms. The quantitative estimate of drug-likeness (QED) is 0.0342. The highest BCUT2D eigenvalue weighted by Crippen LogP contribution is 2.48. The molecule has 0 aromatic heterocycles. The van der Waals surface area contributed by atoms with Crippen molar-refractivity contribution in [2.24, 2.45) is 5.11 Å². The minimum Gasteiger partial charge on any atom is -0.385 e. The van der Waals surface area contributed by atoms with Gasteiger partial charge in [0.1, 0.15) is 6.54 Å². The summed E-state index contributed by atoms with van der Waals surface area (Å²) in [6.07, 6.45) is 13.0. The van der Waals surface area contributed by atoms with Crippen LogP contribution in [0.25, 0.3) is 10.4 Å². The Morgan fingerprint density at radius 3 is 2.22 bits per heavy atom. The first-order valence-corrected chi connectivity index (χ1v) is 21.9. The van der Waals surface area contributed by atoms with Gasteiger partial charge in [-0.25, -0.2) is 0 Å². The molecule has 0 amide bonds. The molecule has 12 nitrogen and oxygen atoms in total. The fraction of sp³-hybridized carbons (Fsp3) is 0.475. The third-order valence-electron chi connectivity index (χ3n) is 10.7. The molecule has 5 rings (SSSR count).